The fourth-order valence-electron chi connectivity index (χ4n) is 6.93. The van der Waals surface area contributed by atoms with Crippen molar-refractivity contribution in [3.63, 3.8) is 0 Å². The molecule has 0 spiro atoms. The second-order valence-corrected chi connectivity index (χ2v) is 11.4. The average molecular weight is 562 g/mol. The van der Waals surface area contributed by atoms with E-state index < -0.39 is 0 Å². The number of furan rings is 1. The summed E-state index contributed by atoms with van der Waals surface area (Å²) >= 11 is 0. The van der Waals surface area contributed by atoms with E-state index in [0.29, 0.717) is 0 Å². The van der Waals surface area contributed by atoms with Crippen LogP contribution < -0.4 is 0 Å². The van der Waals surface area contributed by atoms with Crippen molar-refractivity contribution in [2.75, 3.05) is 0 Å². The Balaban J connectivity index is 1.14. The first-order chi connectivity index (χ1) is 21.8. The predicted molar refractivity (Wildman–Crippen MR) is 182 cm³/mol. The summed E-state index contributed by atoms with van der Waals surface area (Å²) in [7, 11) is 0. The molecule has 0 aliphatic carbocycles. The molecule has 44 heavy (non-hydrogen) atoms. The standard InChI is InChI=1S/C40H23N3O/c1-3-9-34-32(8-1)37-35(20-18-31-30-7-2-4-10-36(30)44-40(31)37)43(34)29-17-15-26-22-28(14-13-27(26)23-29)33-19-16-25-12-11-24-6-5-21-41-38(24)39(25)42-33/h1-23H. The summed E-state index contributed by atoms with van der Waals surface area (Å²) in [6.45, 7) is 0. The lowest BCUT2D eigenvalue weighted by molar-refractivity contribution is 0.673. The number of hydrogen-bond donors (Lipinski definition) is 0. The summed E-state index contributed by atoms with van der Waals surface area (Å²) in [6.07, 6.45) is 1.83. The van der Waals surface area contributed by atoms with E-state index in [4.69, 9.17) is 9.40 Å². The topological polar surface area (TPSA) is 43.9 Å². The molecule has 4 aromatic heterocycles. The molecule has 0 atom stereocenters. The fraction of sp³-hybridized carbons (Fsp3) is 0. The molecule has 0 unspecified atom stereocenters. The highest BCUT2D eigenvalue weighted by molar-refractivity contribution is 6.23. The molecule has 0 fully saturated rings. The zero-order valence-electron chi connectivity index (χ0n) is 23.5. The van der Waals surface area contributed by atoms with Gasteiger partial charge >= 0.3 is 0 Å². The minimum atomic E-state index is 0.915. The predicted octanol–water partition coefficient (Wildman–Crippen LogP) is 10.6. The first-order valence-corrected chi connectivity index (χ1v) is 14.8. The van der Waals surface area contributed by atoms with E-state index in [1.54, 1.807) is 0 Å². The molecule has 4 heteroatoms. The van der Waals surface area contributed by atoms with E-state index in [-0.39, 0.29) is 0 Å². The van der Waals surface area contributed by atoms with Crippen LogP contribution in [0.3, 0.4) is 0 Å². The fourth-order valence-corrected chi connectivity index (χ4v) is 6.93. The van der Waals surface area contributed by atoms with Crippen LogP contribution in [0.4, 0.5) is 0 Å². The summed E-state index contributed by atoms with van der Waals surface area (Å²) in [5.74, 6) is 0. The Morgan fingerprint density at radius 3 is 2.25 bits per heavy atom. The molecule has 0 N–H and O–H groups in total. The summed E-state index contributed by atoms with van der Waals surface area (Å²) in [5, 5.41) is 9.17. The molecule has 0 aliphatic heterocycles. The van der Waals surface area contributed by atoms with Crippen molar-refractivity contribution in [1.29, 1.82) is 0 Å². The van der Waals surface area contributed by atoms with Gasteiger partial charge < -0.3 is 8.98 Å². The Morgan fingerprint density at radius 1 is 0.523 bits per heavy atom. The molecule has 10 aromatic rings. The molecule has 10 rings (SSSR count). The van der Waals surface area contributed by atoms with Crippen LogP contribution in [0.25, 0.3) is 93.3 Å². The Morgan fingerprint density at radius 2 is 1.30 bits per heavy atom. The van der Waals surface area contributed by atoms with Gasteiger partial charge in [0.2, 0.25) is 0 Å². The highest BCUT2D eigenvalue weighted by Gasteiger charge is 2.18. The molecule has 204 valence electrons. The van der Waals surface area contributed by atoms with Crippen LogP contribution in [0, 0.1) is 0 Å². The van der Waals surface area contributed by atoms with Gasteiger partial charge in [0.1, 0.15) is 11.2 Å². The van der Waals surface area contributed by atoms with Crippen molar-refractivity contribution in [3.8, 4) is 16.9 Å². The Bertz CT molecular complexity index is 2790. The summed E-state index contributed by atoms with van der Waals surface area (Å²) in [5.41, 5.74) is 9.16. The molecule has 0 saturated heterocycles. The maximum Gasteiger partial charge on any atom is 0.145 e. The third kappa shape index (κ3) is 3.28. The highest BCUT2D eigenvalue weighted by Crippen LogP contribution is 2.41. The Hall–Kier alpha value is -6.00. The van der Waals surface area contributed by atoms with E-state index in [2.05, 4.69) is 125 Å². The second kappa shape index (κ2) is 8.76. The number of benzene rings is 6. The Labute approximate surface area is 251 Å². The van der Waals surface area contributed by atoms with Gasteiger partial charge in [-0.1, -0.05) is 78.9 Å². The molecular weight excluding hydrogens is 538 g/mol. The van der Waals surface area contributed by atoms with Crippen molar-refractivity contribution in [2.45, 2.75) is 0 Å². The van der Waals surface area contributed by atoms with Gasteiger partial charge in [-0.2, -0.15) is 0 Å². The van der Waals surface area contributed by atoms with Crippen LogP contribution in [-0.2, 0) is 0 Å². The normalized spacial score (nSPS) is 12.1. The molecule has 0 radical (unpaired) electrons. The van der Waals surface area contributed by atoms with E-state index in [0.717, 1.165) is 77.1 Å². The van der Waals surface area contributed by atoms with Crippen LogP contribution in [0.1, 0.15) is 0 Å². The van der Waals surface area contributed by atoms with E-state index in [1.165, 1.54) is 16.2 Å². The number of para-hydroxylation sites is 2. The highest BCUT2D eigenvalue weighted by atomic mass is 16.3. The Kier molecular flexibility index (Phi) is 4.69. The van der Waals surface area contributed by atoms with Crippen LogP contribution >= 0.6 is 0 Å². The lowest BCUT2D eigenvalue weighted by atomic mass is 10.0. The first-order valence-electron chi connectivity index (χ1n) is 14.8. The number of pyridine rings is 2. The maximum absolute atomic E-state index is 6.48. The summed E-state index contributed by atoms with van der Waals surface area (Å²) in [4.78, 5) is 9.70. The number of hydrogen-bond acceptors (Lipinski definition) is 3. The number of aromatic nitrogens is 3. The third-order valence-electron chi connectivity index (χ3n) is 8.99. The van der Waals surface area contributed by atoms with Crippen molar-refractivity contribution in [3.05, 3.63) is 140 Å². The van der Waals surface area contributed by atoms with Crippen LogP contribution in [-0.4, -0.2) is 14.5 Å². The zero-order valence-corrected chi connectivity index (χ0v) is 23.5. The zero-order chi connectivity index (χ0) is 28.8. The number of fused-ring (bicyclic) bond motifs is 11. The molecule has 6 aromatic carbocycles. The van der Waals surface area contributed by atoms with Gasteiger partial charge in [-0.05, 0) is 65.4 Å². The first kappa shape index (κ1) is 23.6. The summed E-state index contributed by atoms with van der Waals surface area (Å²) in [6, 6.07) is 47.1. The number of nitrogens with zero attached hydrogens (tertiary/aromatic N) is 3. The monoisotopic (exact) mass is 561 g/mol. The molecule has 4 heterocycles. The molecule has 0 amide bonds. The van der Waals surface area contributed by atoms with E-state index >= 15 is 0 Å². The third-order valence-corrected chi connectivity index (χ3v) is 8.99. The van der Waals surface area contributed by atoms with Gasteiger partial charge in [0.05, 0.1) is 33.1 Å². The molecule has 0 bridgehead atoms. The van der Waals surface area contributed by atoms with Crippen LogP contribution in [0.5, 0.6) is 0 Å². The lowest BCUT2D eigenvalue weighted by Crippen LogP contribution is -1.94. The smallest absolute Gasteiger partial charge is 0.145 e. The van der Waals surface area contributed by atoms with Gasteiger partial charge in [0, 0.05) is 44.4 Å². The van der Waals surface area contributed by atoms with Crippen LogP contribution in [0.2, 0.25) is 0 Å². The average Bonchev–Trinajstić information content (AvgIpc) is 3.63. The van der Waals surface area contributed by atoms with Gasteiger partial charge in [-0.3, -0.25) is 4.98 Å². The van der Waals surface area contributed by atoms with Gasteiger partial charge in [0.15, 0.2) is 0 Å². The van der Waals surface area contributed by atoms with Crippen molar-refractivity contribution >= 4 is 76.3 Å². The van der Waals surface area contributed by atoms with Crippen molar-refractivity contribution in [1.82, 2.24) is 14.5 Å². The van der Waals surface area contributed by atoms with Crippen LogP contribution in [0.15, 0.2) is 144 Å². The van der Waals surface area contributed by atoms with E-state index in [1.807, 2.05) is 24.4 Å². The number of rotatable bonds is 2. The molecular formula is C40H23N3O. The summed E-state index contributed by atoms with van der Waals surface area (Å²) < 4.78 is 8.83. The maximum atomic E-state index is 6.48. The van der Waals surface area contributed by atoms with Gasteiger partial charge in [0.25, 0.3) is 0 Å². The largest absolute Gasteiger partial charge is 0.455 e. The molecule has 0 aliphatic rings. The minimum absolute atomic E-state index is 0.915. The van der Waals surface area contributed by atoms with Crippen molar-refractivity contribution < 1.29 is 4.42 Å². The van der Waals surface area contributed by atoms with Gasteiger partial charge in [-0.15, -0.1) is 0 Å². The van der Waals surface area contributed by atoms with Gasteiger partial charge in [-0.25, -0.2) is 4.98 Å². The molecule has 0 saturated carbocycles. The SMILES string of the molecule is c1cnc2c(c1)ccc1ccc(-c3ccc4cc(-n5c6ccccc6c6c7oc8ccccc8c7ccc65)ccc4c3)nc12. The molecule has 4 nitrogen and oxygen atoms in total. The lowest BCUT2D eigenvalue weighted by Gasteiger charge is -2.11. The second-order valence-electron chi connectivity index (χ2n) is 11.4. The van der Waals surface area contributed by atoms with E-state index in [9.17, 15) is 0 Å². The quantitative estimate of drug-likeness (QED) is 0.197. The minimum Gasteiger partial charge on any atom is -0.455 e. The van der Waals surface area contributed by atoms with Crippen molar-refractivity contribution in [2.24, 2.45) is 0 Å².